The Morgan fingerprint density at radius 3 is 1.80 bits per heavy atom. The largest absolute Gasteiger partial charge is 0.284 e. The first-order valence-electron chi connectivity index (χ1n) is 5.39. The highest BCUT2D eigenvalue weighted by Gasteiger charge is 2.33. The summed E-state index contributed by atoms with van der Waals surface area (Å²) >= 11 is 23.0. The van der Waals surface area contributed by atoms with E-state index in [2.05, 4.69) is 0 Å². The summed E-state index contributed by atoms with van der Waals surface area (Å²) in [6.45, 7) is 0. The summed E-state index contributed by atoms with van der Waals surface area (Å²) in [5, 5.41) is 0.0402. The van der Waals surface area contributed by atoms with Gasteiger partial charge < -0.3 is 0 Å². The van der Waals surface area contributed by atoms with Crippen LogP contribution in [-0.4, -0.2) is 0 Å². The number of hydrogen-bond donors (Lipinski definition) is 0. The van der Waals surface area contributed by atoms with E-state index in [4.69, 9.17) is 45.0 Å². The average Bonchev–Trinajstić information content (AvgIpc) is 2.37. The van der Waals surface area contributed by atoms with Crippen LogP contribution in [0.1, 0.15) is 0 Å². The Labute approximate surface area is 135 Å². The second-order valence-corrected chi connectivity index (χ2v) is 13.5. The third-order valence-corrected chi connectivity index (χ3v) is 6.86. The van der Waals surface area contributed by atoms with Gasteiger partial charge in [0, 0.05) is 0 Å². The van der Waals surface area contributed by atoms with Gasteiger partial charge in [0.2, 0.25) is 0 Å². The maximum absolute atomic E-state index is 12.2. The lowest BCUT2D eigenvalue weighted by atomic mass is 10.1. The quantitative estimate of drug-likeness (QED) is 0.610. The van der Waals surface area contributed by atoms with Crippen molar-refractivity contribution >= 4 is 67.3 Å². The van der Waals surface area contributed by atoms with Crippen LogP contribution in [0, 0.1) is 0 Å². The molecular formula is C12H8Cl4O2P2. The van der Waals surface area contributed by atoms with E-state index in [0.29, 0.717) is 5.56 Å². The van der Waals surface area contributed by atoms with Gasteiger partial charge >= 0.3 is 0 Å². The lowest BCUT2D eigenvalue weighted by Gasteiger charge is -2.16. The smallest absolute Gasteiger partial charge is 0.283 e. The standard InChI is InChI=1S/C12H8Cl4O2P2/c13-19(14,17)11-8-4-7-10(12(11)20(15,16)18)9-5-2-1-3-6-9/h1-8H. The molecule has 0 aromatic heterocycles. The molecule has 0 fully saturated rings. The van der Waals surface area contributed by atoms with Crippen molar-refractivity contribution < 1.29 is 9.13 Å². The fourth-order valence-electron chi connectivity index (χ4n) is 1.87. The molecule has 0 aliphatic carbocycles. The molecule has 0 N–H and O–H groups in total. The third kappa shape index (κ3) is 3.63. The van der Waals surface area contributed by atoms with Gasteiger partial charge in [0.25, 0.3) is 11.7 Å². The molecule has 8 heteroatoms. The van der Waals surface area contributed by atoms with Crippen LogP contribution in [0.15, 0.2) is 48.5 Å². The topological polar surface area (TPSA) is 34.1 Å². The molecule has 2 aromatic carbocycles. The molecule has 0 spiro atoms. The van der Waals surface area contributed by atoms with E-state index in [-0.39, 0.29) is 10.6 Å². The highest BCUT2D eigenvalue weighted by atomic mass is 35.9. The van der Waals surface area contributed by atoms with Crippen molar-refractivity contribution in [1.82, 2.24) is 0 Å². The van der Waals surface area contributed by atoms with Crippen molar-refractivity contribution in [3.63, 3.8) is 0 Å². The van der Waals surface area contributed by atoms with Gasteiger partial charge in [-0.2, -0.15) is 0 Å². The monoisotopic (exact) mass is 386 g/mol. The van der Waals surface area contributed by atoms with Crippen LogP contribution >= 0.6 is 56.7 Å². The Morgan fingerprint density at radius 1 is 0.700 bits per heavy atom. The zero-order valence-corrected chi connectivity index (χ0v) is 14.7. The van der Waals surface area contributed by atoms with Crippen molar-refractivity contribution in [1.29, 1.82) is 0 Å². The fourth-order valence-corrected chi connectivity index (χ4v) is 6.81. The first-order chi connectivity index (χ1) is 9.21. The van der Waals surface area contributed by atoms with E-state index in [0.717, 1.165) is 5.56 Å². The molecule has 20 heavy (non-hydrogen) atoms. The number of rotatable bonds is 3. The van der Waals surface area contributed by atoms with Gasteiger partial charge in [-0.1, -0.05) is 42.5 Å². The average molecular weight is 388 g/mol. The minimum Gasteiger partial charge on any atom is -0.284 e. The van der Waals surface area contributed by atoms with Crippen LogP contribution in [-0.2, 0) is 9.13 Å². The highest BCUT2D eigenvalue weighted by Crippen LogP contribution is 2.62. The van der Waals surface area contributed by atoms with Gasteiger partial charge in [0.05, 0.1) is 10.6 Å². The molecule has 0 heterocycles. The molecule has 0 saturated heterocycles. The molecule has 0 radical (unpaired) electrons. The van der Waals surface area contributed by atoms with Gasteiger partial charge in [-0.3, -0.25) is 9.13 Å². The summed E-state index contributed by atoms with van der Waals surface area (Å²) < 4.78 is 24.1. The predicted molar refractivity (Wildman–Crippen MR) is 89.8 cm³/mol. The van der Waals surface area contributed by atoms with Crippen LogP contribution in [0.3, 0.4) is 0 Å². The Bertz CT molecular complexity index is 721. The Hall–Kier alpha value is 0.0600. The van der Waals surface area contributed by atoms with Gasteiger partial charge in [-0.05, 0) is 62.2 Å². The van der Waals surface area contributed by atoms with E-state index >= 15 is 0 Å². The summed E-state index contributed by atoms with van der Waals surface area (Å²) in [5.74, 6) is -7.45. The van der Waals surface area contributed by atoms with Crippen molar-refractivity contribution in [3.8, 4) is 11.1 Å². The van der Waals surface area contributed by atoms with Crippen LogP contribution in [0.2, 0.25) is 0 Å². The van der Waals surface area contributed by atoms with Crippen LogP contribution in [0.25, 0.3) is 11.1 Å². The molecule has 2 nitrogen and oxygen atoms in total. The van der Waals surface area contributed by atoms with E-state index < -0.39 is 11.7 Å². The van der Waals surface area contributed by atoms with Crippen molar-refractivity contribution in [2.75, 3.05) is 0 Å². The van der Waals surface area contributed by atoms with Crippen LogP contribution in [0.4, 0.5) is 0 Å². The summed E-state index contributed by atoms with van der Waals surface area (Å²) in [6.07, 6.45) is 0. The number of benzene rings is 2. The number of hydrogen-bond acceptors (Lipinski definition) is 2. The van der Waals surface area contributed by atoms with Crippen molar-refractivity contribution in [3.05, 3.63) is 48.5 Å². The first kappa shape index (κ1) is 16.4. The summed E-state index contributed by atoms with van der Waals surface area (Å²) in [4.78, 5) is 0. The Kier molecular flexibility index (Phi) is 4.97. The molecule has 0 amide bonds. The van der Waals surface area contributed by atoms with Gasteiger partial charge in [0.15, 0.2) is 0 Å². The molecular weight excluding hydrogens is 380 g/mol. The lowest BCUT2D eigenvalue weighted by molar-refractivity contribution is 0.595. The van der Waals surface area contributed by atoms with E-state index in [1.807, 2.05) is 6.07 Å². The molecule has 0 saturated carbocycles. The zero-order chi connectivity index (χ0) is 15.0. The number of halogens is 4. The Balaban J connectivity index is 2.84. The molecule has 0 atom stereocenters. The molecule has 2 aromatic rings. The Morgan fingerprint density at radius 2 is 1.30 bits per heavy atom. The van der Waals surface area contributed by atoms with Crippen LogP contribution < -0.4 is 10.6 Å². The lowest BCUT2D eigenvalue weighted by Crippen LogP contribution is -2.22. The van der Waals surface area contributed by atoms with E-state index in [1.165, 1.54) is 6.07 Å². The molecule has 106 valence electrons. The first-order valence-corrected chi connectivity index (χ1v) is 12.4. The van der Waals surface area contributed by atoms with E-state index in [9.17, 15) is 9.13 Å². The fraction of sp³-hybridized carbons (Fsp3) is 0. The van der Waals surface area contributed by atoms with Crippen molar-refractivity contribution in [2.24, 2.45) is 0 Å². The van der Waals surface area contributed by atoms with Crippen LogP contribution in [0.5, 0.6) is 0 Å². The van der Waals surface area contributed by atoms with Gasteiger partial charge in [0.1, 0.15) is 0 Å². The minimum atomic E-state index is -3.75. The van der Waals surface area contributed by atoms with Crippen molar-refractivity contribution in [2.45, 2.75) is 0 Å². The molecule has 0 aliphatic rings. The predicted octanol–water partition coefficient (Wildman–Crippen LogP) is 5.95. The van der Waals surface area contributed by atoms with Gasteiger partial charge in [-0.15, -0.1) is 0 Å². The highest BCUT2D eigenvalue weighted by molar-refractivity contribution is 8.17. The third-order valence-electron chi connectivity index (χ3n) is 2.64. The van der Waals surface area contributed by atoms with E-state index in [1.54, 1.807) is 36.4 Å². The molecule has 0 aliphatic heterocycles. The molecule has 0 bridgehead atoms. The maximum atomic E-state index is 12.2. The summed E-state index contributed by atoms with van der Waals surface area (Å²) in [7, 11) is 0. The second kappa shape index (κ2) is 6.05. The van der Waals surface area contributed by atoms with Gasteiger partial charge in [-0.25, -0.2) is 0 Å². The summed E-state index contributed by atoms with van der Waals surface area (Å²) in [5.41, 5.74) is 1.23. The molecule has 2 rings (SSSR count). The normalized spacial score (nSPS) is 12.4. The maximum Gasteiger partial charge on any atom is 0.283 e. The summed E-state index contributed by atoms with van der Waals surface area (Å²) in [6, 6.07) is 13.7. The zero-order valence-electron chi connectivity index (χ0n) is 9.84. The second-order valence-electron chi connectivity index (χ2n) is 3.96. The SMILES string of the molecule is O=P(Cl)(Cl)c1cccc(-c2ccccc2)c1P(=O)(Cl)Cl. The molecule has 0 unspecified atom stereocenters. The minimum absolute atomic E-state index is 0.00974.